The summed E-state index contributed by atoms with van der Waals surface area (Å²) in [7, 11) is -1.52. The third-order valence-corrected chi connectivity index (χ3v) is 11.9. The first kappa shape index (κ1) is 14.9. The van der Waals surface area contributed by atoms with Crippen LogP contribution in [-0.2, 0) is 0 Å². The molecule has 0 saturated carbocycles. The minimum absolute atomic E-state index is 0.285. The van der Waals surface area contributed by atoms with Gasteiger partial charge in [-0.25, -0.2) is 0 Å². The second kappa shape index (κ2) is 4.86. The molecule has 17 heavy (non-hydrogen) atoms. The van der Waals surface area contributed by atoms with Gasteiger partial charge in [0.2, 0.25) is 0 Å². The second-order valence-electron chi connectivity index (χ2n) is 6.77. The maximum atomic E-state index is 10.3. The lowest BCUT2D eigenvalue weighted by molar-refractivity contribution is 0.128. The predicted octanol–water partition coefficient (Wildman–Crippen LogP) is 4.15. The molecule has 0 aliphatic rings. The quantitative estimate of drug-likeness (QED) is 0.818. The Bertz CT molecular complexity index is 374. The highest BCUT2D eigenvalue weighted by Crippen LogP contribution is 2.38. The highest BCUT2D eigenvalue weighted by atomic mass is 32.1. The number of aliphatic hydroxyl groups is 1. The lowest BCUT2D eigenvalue weighted by Crippen LogP contribution is -2.49. The number of hydrogen-bond donors (Lipinski definition) is 1. The van der Waals surface area contributed by atoms with Crippen LogP contribution in [0.3, 0.4) is 0 Å². The Kier molecular flexibility index (Phi) is 4.27. The van der Waals surface area contributed by atoms with Gasteiger partial charge in [0.1, 0.15) is 0 Å². The van der Waals surface area contributed by atoms with Crippen LogP contribution in [0.25, 0.3) is 0 Å². The largest absolute Gasteiger partial charge is 0.388 e. The van der Waals surface area contributed by atoms with E-state index in [1.807, 2.05) is 11.3 Å². The Morgan fingerprint density at radius 3 is 2.18 bits per heavy atom. The molecule has 0 amide bonds. The van der Waals surface area contributed by atoms with Crippen LogP contribution < -0.4 is 4.50 Å². The van der Waals surface area contributed by atoms with Gasteiger partial charge in [0.15, 0.2) is 0 Å². The lowest BCUT2D eigenvalue weighted by atomic mass is 10.0. The third-order valence-electron chi connectivity index (χ3n) is 4.09. The molecule has 0 saturated heterocycles. The molecule has 98 valence electrons. The highest BCUT2D eigenvalue weighted by Gasteiger charge is 2.40. The minimum Gasteiger partial charge on any atom is -0.388 e. The summed E-state index contributed by atoms with van der Waals surface area (Å²) in [4.78, 5) is 0. The van der Waals surface area contributed by atoms with Gasteiger partial charge in [-0.05, 0) is 32.5 Å². The molecule has 0 aliphatic carbocycles. The molecule has 0 aliphatic heterocycles. The van der Waals surface area contributed by atoms with E-state index in [4.69, 9.17) is 0 Å². The molecule has 1 nitrogen and oxygen atoms in total. The summed E-state index contributed by atoms with van der Waals surface area (Å²) >= 11 is 1.83. The van der Waals surface area contributed by atoms with Crippen LogP contribution in [0.1, 0.15) is 46.3 Å². The van der Waals surface area contributed by atoms with Crippen molar-refractivity contribution in [1.82, 2.24) is 0 Å². The van der Waals surface area contributed by atoms with Crippen LogP contribution in [0.5, 0.6) is 0 Å². The molecule has 0 spiro atoms. The van der Waals surface area contributed by atoms with Crippen molar-refractivity contribution in [1.29, 1.82) is 0 Å². The van der Waals surface area contributed by atoms with Gasteiger partial charge >= 0.3 is 0 Å². The second-order valence-corrected chi connectivity index (χ2v) is 13.3. The molecular formula is C14H26OSSi. The third kappa shape index (κ3) is 2.83. The molecule has 1 N–H and O–H groups in total. The van der Waals surface area contributed by atoms with Crippen molar-refractivity contribution in [3.05, 3.63) is 17.0 Å². The molecule has 1 aromatic heterocycles. The summed E-state index contributed by atoms with van der Waals surface area (Å²) < 4.78 is 1.46. The van der Waals surface area contributed by atoms with Crippen molar-refractivity contribution >= 4 is 23.9 Å². The minimum atomic E-state index is -1.52. The van der Waals surface area contributed by atoms with Gasteiger partial charge in [0.05, 0.1) is 14.2 Å². The van der Waals surface area contributed by atoms with E-state index in [1.54, 1.807) is 0 Å². The van der Waals surface area contributed by atoms with Crippen LogP contribution in [0.2, 0.25) is 18.1 Å². The molecule has 1 aromatic rings. The zero-order valence-electron chi connectivity index (χ0n) is 12.2. The summed E-state index contributed by atoms with van der Waals surface area (Å²) in [5.74, 6) is 0.285. The summed E-state index contributed by atoms with van der Waals surface area (Å²) in [5, 5.41) is 12.8. The van der Waals surface area contributed by atoms with E-state index >= 15 is 0 Å². The molecule has 1 unspecified atom stereocenters. The van der Waals surface area contributed by atoms with Crippen LogP contribution in [0, 0.1) is 5.92 Å². The zero-order valence-corrected chi connectivity index (χ0v) is 14.0. The van der Waals surface area contributed by atoms with Crippen LogP contribution in [0.4, 0.5) is 0 Å². The fourth-order valence-electron chi connectivity index (χ4n) is 1.76. The SMILES string of the molecule is CC(C)C(O)c1ccsc1[Si](C)(C)C(C)(C)C. The summed E-state index contributed by atoms with van der Waals surface area (Å²) in [6.45, 7) is 16.0. The molecule has 0 bridgehead atoms. The van der Waals surface area contributed by atoms with Crippen LogP contribution in [-0.4, -0.2) is 13.2 Å². The van der Waals surface area contributed by atoms with Gasteiger partial charge in [-0.15, -0.1) is 0 Å². The molecular weight excluding hydrogens is 244 g/mol. The van der Waals surface area contributed by atoms with Gasteiger partial charge in [-0.3, -0.25) is 0 Å². The Balaban J connectivity index is 3.21. The monoisotopic (exact) mass is 270 g/mol. The number of thiophene rings is 1. The molecule has 0 radical (unpaired) electrons. The van der Waals surface area contributed by atoms with Gasteiger partial charge in [-0.1, -0.05) is 47.7 Å². The smallest absolute Gasteiger partial charge is 0.0992 e. The fourth-order valence-corrected chi connectivity index (χ4v) is 6.37. The Hall–Kier alpha value is -0.123. The van der Waals surface area contributed by atoms with Gasteiger partial charge in [0.25, 0.3) is 0 Å². The van der Waals surface area contributed by atoms with Crippen molar-refractivity contribution < 1.29 is 5.11 Å². The van der Waals surface area contributed by atoms with Crippen molar-refractivity contribution in [3.8, 4) is 0 Å². The maximum Gasteiger partial charge on any atom is 0.0992 e. The first-order valence-electron chi connectivity index (χ1n) is 6.35. The Morgan fingerprint density at radius 2 is 1.76 bits per heavy atom. The van der Waals surface area contributed by atoms with Crippen LogP contribution >= 0.6 is 11.3 Å². The molecule has 1 heterocycles. The van der Waals surface area contributed by atoms with E-state index in [9.17, 15) is 5.11 Å². The molecule has 0 aromatic carbocycles. The average molecular weight is 271 g/mol. The first-order valence-corrected chi connectivity index (χ1v) is 10.2. The first-order chi connectivity index (χ1) is 7.59. The van der Waals surface area contributed by atoms with E-state index in [0.29, 0.717) is 5.04 Å². The summed E-state index contributed by atoms with van der Waals surface area (Å²) in [6, 6.07) is 2.12. The van der Waals surface area contributed by atoms with Crippen molar-refractivity contribution in [2.24, 2.45) is 5.92 Å². The summed E-state index contributed by atoms with van der Waals surface area (Å²) in [6.07, 6.45) is -0.314. The predicted molar refractivity (Wildman–Crippen MR) is 80.9 cm³/mol. The number of hydrogen-bond acceptors (Lipinski definition) is 2. The van der Waals surface area contributed by atoms with E-state index in [2.05, 4.69) is 59.2 Å². The van der Waals surface area contributed by atoms with Crippen LogP contribution in [0.15, 0.2) is 11.4 Å². The molecule has 0 fully saturated rings. The normalized spacial score (nSPS) is 15.4. The van der Waals surface area contributed by atoms with Gasteiger partial charge in [-0.2, -0.15) is 11.3 Å². The van der Waals surface area contributed by atoms with Crippen molar-refractivity contribution in [2.45, 2.75) is 58.9 Å². The maximum absolute atomic E-state index is 10.3. The number of aliphatic hydroxyl groups excluding tert-OH is 1. The average Bonchev–Trinajstić information content (AvgIpc) is 2.63. The van der Waals surface area contributed by atoms with Gasteiger partial charge in [0, 0.05) is 0 Å². The topological polar surface area (TPSA) is 20.2 Å². The molecule has 1 rings (SSSR count). The summed E-state index contributed by atoms with van der Waals surface area (Å²) in [5.41, 5.74) is 1.18. The zero-order chi connectivity index (χ0) is 13.4. The van der Waals surface area contributed by atoms with E-state index in [-0.39, 0.29) is 12.0 Å². The standard InChI is InChI=1S/C14H26OSSi/c1-10(2)12(15)11-8-9-16-13(11)17(6,7)14(3,4)5/h8-10,12,15H,1-7H3. The van der Waals surface area contributed by atoms with E-state index in [0.717, 1.165) is 0 Å². The van der Waals surface area contributed by atoms with Gasteiger partial charge < -0.3 is 5.11 Å². The number of rotatable bonds is 3. The van der Waals surface area contributed by atoms with E-state index < -0.39 is 8.07 Å². The fraction of sp³-hybridized carbons (Fsp3) is 0.714. The molecule has 1 atom stereocenters. The highest BCUT2D eigenvalue weighted by molar-refractivity contribution is 7.26. The van der Waals surface area contributed by atoms with Crippen molar-refractivity contribution in [2.75, 3.05) is 0 Å². The molecule has 3 heteroatoms. The lowest BCUT2D eigenvalue weighted by Gasteiger charge is -2.37. The Morgan fingerprint density at radius 1 is 1.24 bits per heavy atom. The Labute approximate surface area is 111 Å². The van der Waals surface area contributed by atoms with Crippen molar-refractivity contribution in [3.63, 3.8) is 0 Å². The van der Waals surface area contributed by atoms with E-state index in [1.165, 1.54) is 10.1 Å².